The smallest absolute Gasteiger partial charge is 0.0491 e. The van der Waals surface area contributed by atoms with Crippen LogP contribution >= 0.6 is 11.6 Å². The number of benzene rings is 6. The first-order valence-corrected chi connectivity index (χ1v) is 12.4. The lowest BCUT2D eigenvalue weighted by atomic mass is 9.82. The van der Waals surface area contributed by atoms with Crippen LogP contribution in [0.25, 0.3) is 66.1 Å². The Kier molecular flexibility index (Phi) is 4.43. The van der Waals surface area contributed by atoms with Crippen LogP contribution in [0.1, 0.15) is 11.1 Å². The highest BCUT2D eigenvalue weighted by molar-refractivity contribution is 6.39. The summed E-state index contributed by atoms with van der Waals surface area (Å²) in [6.07, 6.45) is 0. The average molecular weight is 467 g/mol. The van der Waals surface area contributed by atoms with E-state index in [-0.39, 0.29) is 0 Å². The van der Waals surface area contributed by atoms with Gasteiger partial charge in [-0.15, -0.1) is 0 Å². The van der Waals surface area contributed by atoms with Crippen molar-refractivity contribution >= 4 is 33.1 Å². The van der Waals surface area contributed by atoms with Crippen LogP contribution in [0.5, 0.6) is 0 Å². The second-order valence-corrected chi connectivity index (χ2v) is 10.0. The van der Waals surface area contributed by atoms with Crippen LogP contribution in [-0.2, 0) is 0 Å². The predicted molar refractivity (Wildman–Crippen MR) is 151 cm³/mol. The summed E-state index contributed by atoms with van der Waals surface area (Å²) in [6, 6.07) is 37.4. The van der Waals surface area contributed by atoms with Crippen molar-refractivity contribution in [2.75, 3.05) is 0 Å². The van der Waals surface area contributed by atoms with Gasteiger partial charge in [0.25, 0.3) is 0 Å². The first-order chi connectivity index (χ1) is 17.1. The Bertz CT molecular complexity index is 1820. The molecule has 0 saturated heterocycles. The topological polar surface area (TPSA) is 0 Å². The van der Waals surface area contributed by atoms with Gasteiger partial charge in [-0.05, 0) is 80.6 Å². The van der Waals surface area contributed by atoms with E-state index in [2.05, 4.69) is 111 Å². The fraction of sp³-hybridized carbons (Fsp3) is 0.0588. The monoisotopic (exact) mass is 466 g/mol. The third kappa shape index (κ3) is 2.93. The summed E-state index contributed by atoms with van der Waals surface area (Å²) in [5.41, 5.74) is 12.6. The summed E-state index contributed by atoms with van der Waals surface area (Å²) >= 11 is 7.06. The normalized spacial score (nSPS) is 11.9. The summed E-state index contributed by atoms with van der Waals surface area (Å²) in [5.74, 6) is 0. The van der Waals surface area contributed by atoms with Gasteiger partial charge in [-0.2, -0.15) is 0 Å². The maximum atomic E-state index is 7.06. The molecule has 0 atom stereocenters. The first-order valence-electron chi connectivity index (χ1n) is 12.1. The minimum Gasteiger partial charge on any atom is -0.0836 e. The van der Waals surface area contributed by atoms with Crippen molar-refractivity contribution in [3.8, 4) is 44.5 Å². The Hall–Kier alpha value is -3.87. The van der Waals surface area contributed by atoms with Crippen molar-refractivity contribution in [1.82, 2.24) is 0 Å². The number of halogens is 1. The second kappa shape index (κ2) is 7.57. The Labute approximate surface area is 210 Å². The van der Waals surface area contributed by atoms with Gasteiger partial charge >= 0.3 is 0 Å². The number of fused-ring (bicyclic) bond motifs is 4. The van der Waals surface area contributed by atoms with E-state index in [0.29, 0.717) is 0 Å². The Morgan fingerprint density at radius 1 is 0.486 bits per heavy atom. The van der Waals surface area contributed by atoms with Gasteiger partial charge in [0.05, 0.1) is 0 Å². The van der Waals surface area contributed by atoms with E-state index in [1.165, 1.54) is 71.8 Å². The van der Waals surface area contributed by atoms with E-state index >= 15 is 0 Å². The van der Waals surface area contributed by atoms with Crippen LogP contribution in [0, 0.1) is 13.8 Å². The van der Waals surface area contributed by atoms with E-state index in [4.69, 9.17) is 11.6 Å². The standard InChI is InChI=1S/C34H23Cl/c1-20-8-3-12-23(18-20)30-27-16-7-17-28(35)32(27)31(24-13-4-9-21(2)19-24)34-26-15-6-11-22-10-5-14-25(29(22)26)33(30)34/h3-19H,1-2H3. The summed E-state index contributed by atoms with van der Waals surface area (Å²) in [6.45, 7) is 4.32. The molecule has 0 heterocycles. The van der Waals surface area contributed by atoms with Crippen LogP contribution in [0.2, 0.25) is 5.02 Å². The molecule has 0 nitrogen and oxygen atoms in total. The molecule has 6 aromatic carbocycles. The fourth-order valence-electron chi connectivity index (χ4n) is 5.98. The van der Waals surface area contributed by atoms with Crippen LogP contribution in [-0.4, -0.2) is 0 Å². The average Bonchev–Trinajstić information content (AvgIpc) is 3.19. The van der Waals surface area contributed by atoms with Gasteiger partial charge in [0.15, 0.2) is 0 Å². The molecule has 0 N–H and O–H groups in total. The van der Waals surface area contributed by atoms with Crippen LogP contribution in [0.3, 0.4) is 0 Å². The lowest BCUT2D eigenvalue weighted by molar-refractivity contribution is 1.47. The van der Waals surface area contributed by atoms with Crippen molar-refractivity contribution < 1.29 is 0 Å². The number of hydrogen-bond acceptors (Lipinski definition) is 0. The van der Waals surface area contributed by atoms with Gasteiger partial charge in [-0.3, -0.25) is 0 Å². The van der Waals surface area contributed by atoms with Crippen molar-refractivity contribution in [3.63, 3.8) is 0 Å². The summed E-state index contributed by atoms with van der Waals surface area (Å²) in [4.78, 5) is 0. The van der Waals surface area contributed by atoms with Gasteiger partial charge in [0.2, 0.25) is 0 Å². The minimum atomic E-state index is 0.791. The molecule has 0 saturated carbocycles. The Morgan fingerprint density at radius 2 is 1.03 bits per heavy atom. The van der Waals surface area contributed by atoms with E-state index in [1.54, 1.807) is 0 Å². The molecule has 0 spiro atoms. The Morgan fingerprint density at radius 3 is 1.66 bits per heavy atom. The molecule has 0 amide bonds. The van der Waals surface area contributed by atoms with Crippen molar-refractivity contribution in [3.05, 3.63) is 119 Å². The highest BCUT2D eigenvalue weighted by atomic mass is 35.5. The lowest BCUT2D eigenvalue weighted by Crippen LogP contribution is -1.94. The van der Waals surface area contributed by atoms with E-state index in [0.717, 1.165) is 10.4 Å². The van der Waals surface area contributed by atoms with Gasteiger partial charge in [0, 0.05) is 10.4 Å². The van der Waals surface area contributed by atoms with Gasteiger partial charge < -0.3 is 0 Å². The molecule has 0 bridgehead atoms. The van der Waals surface area contributed by atoms with Crippen molar-refractivity contribution in [2.24, 2.45) is 0 Å². The summed E-state index contributed by atoms with van der Waals surface area (Å²) in [5, 5.41) is 5.72. The molecule has 0 aromatic heterocycles. The van der Waals surface area contributed by atoms with E-state index < -0.39 is 0 Å². The molecule has 166 valence electrons. The molecular weight excluding hydrogens is 444 g/mol. The lowest BCUT2D eigenvalue weighted by Gasteiger charge is -2.21. The molecule has 1 aliphatic carbocycles. The fourth-order valence-corrected chi connectivity index (χ4v) is 6.25. The molecule has 0 unspecified atom stereocenters. The number of hydrogen-bond donors (Lipinski definition) is 0. The molecular formula is C34H23Cl. The van der Waals surface area contributed by atoms with Crippen molar-refractivity contribution in [2.45, 2.75) is 13.8 Å². The molecule has 0 radical (unpaired) electrons. The van der Waals surface area contributed by atoms with Gasteiger partial charge in [-0.1, -0.05) is 120 Å². The largest absolute Gasteiger partial charge is 0.0836 e. The predicted octanol–water partition coefficient (Wildman–Crippen LogP) is 10.2. The number of aryl methyl sites for hydroxylation is 2. The van der Waals surface area contributed by atoms with E-state index in [1.807, 2.05) is 6.07 Å². The molecule has 1 heteroatoms. The zero-order chi connectivity index (χ0) is 23.7. The van der Waals surface area contributed by atoms with Gasteiger partial charge in [-0.25, -0.2) is 0 Å². The van der Waals surface area contributed by atoms with Crippen molar-refractivity contribution in [1.29, 1.82) is 0 Å². The van der Waals surface area contributed by atoms with E-state index in [9.17, 15) is 0 Å². The molecule has 6 aromatic rings. The molecule has 35 heavy (non-hydrogen) atoms. The van der Waals surface area contributed by atoms with Crippen LogP contribution < -0.4 is 0 Å². The van der Waals surface area contributed by atoms with Crippen LogP contribution in [0.15, 0.2) is 103 Å². The zero-order valence-corrected chi connectivity index (χ0v) is 20.4. The maximum absolute atomic E-state index is 7.06. The highest BCUT2D eigenvalue weighted by Crippen LogP contribution is 2.58. The summed E-state index contributed by atoms with van der Waals surface area (Å²) in [7, 11) is 0. The van der Waals surface area contributed by atoms with Gasteiger partial charge in [0.1, 0.15) is 0 Å². The molecule has 0 aliphatic heterocycles. The molecule has 7 rings (SSSR count). The SMILES string of the molecule is Cc1cccc(-c2c3c(c(-c4cccc(C)c4)c4c(Cl)cccc24)-c2cccc4cccc-3c24)c1. The maximum Gasteiger partial charge on any atom is 0.0491 e. The third-order valence-electron chi connectivity index (χ3n) is 7.34. The zero-order valence-electron chi connectivity index (χ0n) is 19.7. The molecule has 0 fully saturated rings. The third-order valence-corrected chi connectivity index (χ3v) is 7.65. The second-order valence-electron chi connectivity index (χ2n) is 9.61. The Balaban J connectivity index is 1.79. The number of rotatable bonds is 2. The highest BCUT2D eigenvalue weighted by Gasteiger charge is 2.31. The van der Waals surface area contributed by atoms with Crippen LogP contribution in [0.4, 0.5) is 0 Å². The quantitative estimate of drug-likeness (QED) is 0.237. The first kappa shape index (κ1) is 20.5. The minimum absolute atomic E-state index is 0.791. The summed E-state index contributed by atoms with van der Waals surface area (Å²) < 4.78 is 0. The molecule has 1 aliphatic rings.